The number of nitrogens with zero attached hydrogens (tertiary/aromatic N) is 5. The van der Waals surface area contributed by atoms with Gasteiger partial charge in [0.1, 0.15) is 5.82 Å². The summed E-state index contributed by atoms with van der Waals surface area (Å²) in [4.78, 5) is 4.61. The number of aryl methyl sites for hydroxylation is 2. The highest BCUT2D eigenvalue weighted by atomic mass is 15.3. The second-order valence-corrected chi connectivity index (χ2v) is 5.45. The highest BCUT2D eigenvalue weighted by molar-refractivity contribution is 5.49. The molecule has 0 aliphatic heterocycles. The molecule has 0 spiro atoms. The van der Waals surface area contributed by atoms with Crippen LogP contribution in [0.2, 0.25) is 0 Å². The van der Waals surface area contributed by atoms with E-state index in [9.17, 15) is 0 Å². The summed E-state index contributed by atoms with van der Waals surface area (Å²) in [5.74, 6) is 0.974. The van der Waals surface area contributed by atoms with Gasteiger partial charge in [0, 0.05) is 42.7 Å². The maximum absolute atomic E-state index is 4.61. The number of hydrogen-bond donors (Lipinski definition) is 1. The third-order valence-electron chi connectivity index (χ3n) is 3.53. The number of hydrogen-bond acceptors (Lipinski definition) is 4. The summed E-state index contributed by atoms with van der Waals surface area (Å²) in [5, 5.41) is 12.1. The van der Waals surface area contributed by atoms with Crippen LogP contribution in [0.3, 0.4) is 0 Å². The third-order valence-corrected chi connectivity index (χ3v) is 3.53. The molecule has 3 rings (SSSR count). The maximum Gasteiger partial charge on any atom is 0.157 e. The van der Waals surface area contributed by atoms with Crippen molar-refractivity contribution >= 4 is 11.5 Å². The molecule has 116 valence electrons. The molecule has 1 N–H and O–H groups in total. The van der Waals surface area contributed by atoms with Crippen molar-refractivity contribution in [2.24, 2.45) is 0 Å². The van der Waals surface area contributed by atoms with E-state index >= 15 is 0 Å². The van der Waals surface area contributed by atoms with Gasteiger partial charge in [0.2, 0.25) is 0 Å². The van der Waals surface area contributed by atoms with E-state index in [1.807, 2.05) is 21.5 Å². The van der Waals surface area contributed by atoms with Crippen LogP contribution in [0, 0.1) is 0 Å². The second kappa shape index (κ2) is 6.60. The first-order valence-electron chi connectivity index (χ1n) is 7.89. The molecule has 0 fully saturated rings. The molecule has 0 saturated carbocycles. The molecule has 0 aliphatic carbocycles. The Kier molecular flexibility index (Phi) is 4.37. The molecule has 22 heavy (non-hydrogen) atoms. The summed E-state index contributed by atoms with van der Waals surface area (Å²) in [6, 6.07) is 4.02. The van der Waals surface area contributed by atoms with E-state index in [0.29, 0.717) is 0 Å². The summed E-state index contributed by atoms with van der Waals surface area (Å²) in [7, 11) is 0. The van der Waals surface area contributed by atoms with Gasteiger partial charge in [-0.2, -0.15) is 14.7 Å². The van der Waals surface area contributed by atoms with Crippen molar-refractivity contribution in [2.75, 3.05) is 5.32 Å². The molecule has 0 unspecified atom stereocenters. The molecule has 6 nitrogen and oxygen atoms in total. The van der Waals surface area contributed by atoms with Gasteiger partial charge in [0.25, 0.3) is 0 Å². The normalized spacial score (nSPS) is 11.2. The minimum atomic E-state index is 0.730. The molecule has 6 heteroatoms. The van der Waals surface area contributed by atoms with E-state index in [0.717, 1.165) is 49.5 Å². The fraction of sp³-hybridized carbons (Fsp3) is 0.438. The van der Waals surface area contributed by atoms with E-state index in [1.54, 1.807) is 6.20 Å². The van der Waals surface area contributed by atoms with Gasteiger partial charge in [-0.15, -0.1) is 0 Å². The molecular formula is C16H22N6. The monoisotopic (exact) mass is 298 g/mol. The van der Waals surface area contributed by atoms with Gasteiger partial charge in [-0.1, -0.05) is 20.3 Å². The van der Waals surface area contributed by atoms with E-state index in [4.69, 9.17) is 0 Å². The van der Waals surface area contributed by atoms with E-state index in [1.165, 1.54) is 5.56 Å². The van der Waals surface area contributed by atoms with Gasteiger partial charge < -0.3 is 5.32 Å². The fourth-order valence-corrected chi connectivity index (χ4v) is 2.52. The van der Waals surface area contributed by atoms with Gasteiger partial charge in [0.05, 0.1) is 12.4 Å². The van der Waals surface area contributed by atoms with Crippen molar-refractivity contribution in [3.05, 3.63) is 42.0 Å². The van der Waals surface area contributed by atoms with Crippen LogP contribution < -0.4 is 5.32 Å². The molecule has 0 atom stereocenters. The number of rotatable bonds is 7. The highest BCUT2D eigenvalue weighted by Gasteiger charge is 2.06. The zero-order valence-corrected chi connectivity index (χ0v) is 13.2. The van der Waals surface area contributed by atoms with Crippen molar-refractivity contribution < 1.29 is 0 Å². The van der Waals surface area contributed by atoms with Gasteiger partial charge in [-0.05, 0) is 12.8 Å². The first kappa shape index (κ1) is 14.6. The average molecular weight is 298 g/mol. The van der Waals surface area contributed by atoms with Crippen LogP contribution in [0.25, 0.3) is 5.65 Å². The molecule has 0 radical (unpaired) electrons. The average Bonchev–Trinajstić information content (AvgIpc) is 3.14. The quantitative estimate of drug-likeness (QED) is 0.728. The number of nitrogens with one attached hydrogen (secondary N) is 1. The Labute approximate surface area is 130 Å². The molecule has 3 heterocycles. The van der Waals surface area contributed by atoms with Gasteiger partial charge in [0.15, 0.2) is 5.65 Å². The number of aromatic nitrogens is 5. The Bertz CT molecular complexity index is 742. The minimum absolute atomic E-state index is 0.730. The summed E-state index contributed by atoms with van der Waals surface area (Å²) >= 11 is 0. The Morgan fingerprint density at radius 3 is 2.91 bits per heavy atom. The Balaban J connectivity index is 1.78. The summed E-state index contributed by atoms with van der Waals surface area (Å²) in [6.45, 7) is 6.01. The molecule has 0 saturated heterocycles. The molecular weight excluding hydrogens is 276 g/mol. The SMILES string of the molecule is CCCc1cc(NCc2cnn(CCC)c2)n2nccc2n1. The Morgan fingerprint density at radius 2 is 2.09 bits per heavy atom. The zero-order chi connectivity index (χ0) is 15.4. The van der Waals surface area contributed by atoms with E-state index < -0.39 is 0 Å². The lowest BCUT2D eigenvalue weighted by molar-refractivity contribution is 0.602. The van der Waals surface area contributed by atoms with Gasteiger partial charge >= 0.3 is 0 Å². The van der Waals surface area contributed by atoms with Crippen LogP contribution >= 0.6 is 0 Å². The smallest absolute Gasteiger partial charge is 0.157 e. The van der Waals surface area contributed by atoms with Gasteiger partial charge in [-0.25, -0.2) is 4.98 Å². The second-order valence-electron chi connectivity index (χ2n) is 5.45. The van der Waals surface area contributed by atoms with Crippen LogP contribution in [0.5, 0.6) is 0 Å². The number of anilines is 1. The Hall–Kier alpha value is -2.37. The lowest BCUT2D eigenvalue weighted by Gasteiger charge is -2.09. The molecule has 0 aromatic carbocycles. The number of fused-ring (bicyclic) bond motifs is 1. The molecule has 3 aromatic heterocycles. The van der Waals surface area contributed by atoms with Crippen molar-refractivity contribution in [2.45, 2.75) is 46.2 Å². The summed E-state index contributed by atoms with van der Waals surface area (Å²) < 4.78 is 3.82. The highest BCUT2D eigenvalue weighted by Crippen LogP contribution is 2.14. The summed E-state index contributed by atoms with van der Waals surface area (Å²) in [5.41, 5.74) is 3.15. The summed E-state index contributed by atoms with van der Waals surface area (Å²) in [6.07, 6.45) is 8.93. The molecule has 0 amide bonds. The van der Waals surface area contributed by atoms with E-state index in [2.05, 4.69) is 46.6 Å². The van der Waals surface area contributed by atoms with Crippen molar-refractivity contribution in [1.29, 1.82) is 0 Å². The largest absolute Gasteiger partial charge is 0.366 e. The van der Waals surface area contributed by atoms with Crippen molar-refractivity contribution in [1.82, 2.24) is 24.4 Å². The Morgan fingerprint density at radius 1 is 1.18 bits per heavy atom. The molecule has 0 aliphatic rings. The van der Waals surface area contributed by atoms with Crippen molar-refractivity contribution in [3.63, 3.8) is 0 Å². The minimum Gasteiger partial charge on any atom is -0.366 e. The standard InChI is InChI=1S/C16H22N6/c1-3-5-14-9-16(22-15(20-14)6-7-18-22)17-10-13-11-19-21(12-13)8-4-2/h6-7,9,11-12,17H,3-5,8,10H2,1-2H3. The van der Waals surface area contributed by atoms with Crippen LogP contribution in [0.4, 0.5) is 5.82 Å². The topological polar surface area (TPSA) is 60.0 Å². The fourth-order valence-electron chi connectivity index (χ4n) is 2.52. The predicted octanol–water partition coefficient (Wildman–Crippen LogP) is 2.90. The van der Waals surface area contributed by atoms with Gasteiger partial charge in [-0.3, -0.25) is 4.68 Å². The zero-order valence-electron chi connectivity index (χ0n) is 13.2. The van der Waals surface area contributed by atoms with E-state index in [-0.39, 0.29) is 0 Å². The first-order chi connectivity index (χ1) is 10.8. The predicted molar refractivity (Wildman–Crippen MR) is 86.8 cm³/mol. The molecule has 3 aromatic rings. The third kappa shape index (κ3) is 3.10. The van der Waals surface area contributed by atoms with Crippen molar-refractivity contribution in [3.8, 4) is 0 Å². The maximum atomic E-state index is 4.61. The van der Waals surface area contributed by atoms with Crippen LogP contribution in [0.15, 0.2) is 30.7 Å². The first-order valence-corrected chi connectivity index (χ1v) is 7.89. The van der Waals surface area contributed by atoms with Crippen LogP contribution in [-0.2, 0) is 19.5 Å². The molecule has 0 bridgehead atoms. The van der Waals surface area contributed by atoms with Crippen LogP contribution in [0.1, 0.15) is 37.9 Å². The lowest BCUT2D eigenvalue weighted by atomic mass is 10.2. The van der Waals surface area contributed by atoms with Crippen LogP contribution in [-0.4, -0.2) is 24.4 Å². The lowest BCUT2D eigenvalue weighted by Crippen LogP contribution is -2.07.